The van der Waals surface area contributed by atoms with Crippen molar-refractivity contribution in [3.05, 3.63) is 0 Å². The molecule has 4 rings (SSSR count). The number of amides is 1. The van der Waals surface area contributed by atoms with Gasteiger partial charge in [-0.15, -0.1) is 0 Å². The number of carboxylic acids is 3. The van der Waals surface area contributed by atoms with E-state index < -0.39 is 62.7 Å². The molecule has 0 aromatic heterocycles. The Bertz CT molecular complexity index is 1310. The van der Waals surface area contributed by atoms with Gasteiger partial charge in [-0.05, 0) is 104 Å². The van der Waals surface area contributed by atoms with E-state index in [2.05, 4.69) is 31.0 Å². The molecule has 4 fully saturated rings. The Balaban J connectivity index is 1.38. The zero-order valence-electron chi connectivity index (χ0n) is 33.4. The van der Waals surface area contributed by atoms with Crippen LogP contribution in [0.2, 0.25) is 0 Å². The average molecular weight is 801 g/mol. The number of fused-ring (bicyclic) bond motifs is 5. The zero-order valence-corrected chi connectivity index (χ0v) is 33.4. The number of nitrogens with one attached hydrogen (secondary N) is 1. The highest BCUT2D eigenvalue weighted by Crippen LogP contribution is 2.68. The molecule has 0 spiro atoms. The number of hydrogen-bond acceptors (Lipinski definition) is 13. The van der Waals surface area contributed by atoms with E-state index in [1.54, 1.807) is 0 Å². The highest BCUT2D eigenvalue weighted by Gasteiger charge is 2.65. The molecule has 17 nitrogen and oxygen atoms in total. The lowest BCUT2D eigenvalue weighted by Crippen LogP contribution is -2.63. The fourth-order valence-corrected chi connectivity index (χ4v) is 11.7. The quantitative estimate of drug-likeness (QED) is 0.0399. The van der Waals surface area contributed by atoms with Crippen molar-refractivity contribution in [2.24, 2.45) is 46.3 Å². The second kappa shape index (κ2) is 20.5. The van der Waals surface area contributed by atoms with Crippen molar-refractivity contribution < 1.29 is 65.1 Å². The summed E-state index contributed by atoms with van der Waals surface area (Å²) in [6.45, 7) is 5.17. The summed E-state index contributed by atoms with van der Waals surface area (Å²) in [6.07, 6.45) is 5.28. The third-order valence-corrected chi connectivity index (χ3v) is 14.7. The Morgan fingerprint density at radius 1 is 0.804 bits per heavy atom. The molecule has 0 aromatic carbocycles. The Morgan fingerprint density at radius 2 is 1.45 bits per heavy atom. The van der Waals surface area contributed by atoms with Gasteiger partial charge in [-0.2, -0.15) is 0 Å². The first kappa shape index (κ1) is 46.2. The van der Waals surface area contributed by atoms with Gasteiger partial charge < -0.3 is 41.1 Å². The van der Waals surface area contributed by atoms with Gasteiger partial charge in [-0.3, -0.25) is 39.1 Å². The average Bonchev–Trinajstić information content (AvgIpc) is 3.49. The van der Waals surface area contributed by atoms with E-state index in [4.69, 9.17) is 0 Å². The standard InChI is InChI=1S/C39H68N4O13/c1-24(4-9-34(49)50)28-6-7-29-37-30(18-32(47)39(28,29)3)38(2)11-10-26(16-25(38)17-31(37)46)40-33(48)8-5-27(21-56-55)43(15-13-42(22-44)23-45)14-12-41(19-35(51)52)20-36(53)54/h24-32,37,44-47,55H,4-23H2,1-3H3,(H,40,48)(H,49,50)(H,51,52)(H,53,54)/t24?,25?,26?,27?,28-,29?,30?,31?,32?,37?,38+,39-/m1/s1. The van der Waals surface area contributed by atoms with E-state index in [-0.39, 0.29) is 110 Å². The summed E-state index contributed by atoms with van der Waals surface area (Å²) in [4.78, 5) is 56.4. The second-order valence-corrected chi connectivity index (χ2v) is 17.7. The maximum absolute atomic E-state index is 13.5. The predicted octanol–water partition coefficient (Wildman–Crippen LogP) is 1.19. The van der Waals surface area contributed by atoms with Gasteiger partial charge >= 0.3 is 17.9 Å². The summed E-state index contributed by atoms with van der Waals surface area (Å²) in [5, 5.41) is 83.3. The van der Waals surface area contributed by atoms with Crippen molar-refractivity contribution >= 4 is 23.8 Å². The molecule has 9 N–H and O–H groups in total. The van der Waals surface area contributed by atoms with Crippen LogP contribution in [0.4, 0.5) is 0 Å². The Hall–Kier alpha value is -2.48. The number of nitrogens with zero attached hydrogens (tertiary/aromatic N) is 3. The SMILES string of the molecule is CC(CCC(=O)O)[C@H]1CCC2C3C(O)CC4CC(NC(=O)CCC(COO)N(CCN(CO)CO)CCN(CC(=O)O)CC(=O)O)CC[C@]4(C)C3CC(O)[C@@]21C. The maximum atomic E-state index is 13.5. The molecule has 1 amide bonds. The summed E-state index contributed by atoms with van der Waals surface area (Å²) in [5.41, 5.74) is -0.493. The Kier molecular flexibility index (Phi) is 16.9. The molecule has 4 saturated carbocycles. The van der Waals surface area contributed by atoms with Crippen LogP contribution >= 0.6 is 0 Å². The number of carboxylic acid groups (broad SMARTS) is 3. The molecule has 0 aromatic rings. The lowest BCUT2D eigenvalue weighted by atomic mass is 9.43. The topological polar surface area (TPSA) is 261 Å². The zero-order chi connectivity index (χ0) is 41.4. The Labute approximate surface area is 329 Å². The summed E-state index contributed by atoms with van der Waals surface area (Å²) in [7, 11) is 0. The number of aliphatic hydroxyl groups is 4. The van der Waals surface area contributed by atoms with E-state index in [9.17, 15) is 60.2 Å². The molecule has 0 aliphatic heterocycles. The number of carbonyl (C=O) groups is 4. The molecule has 12 atom stereocenters. The monoisotopic (exact) mass is 800 g/mol. The van der Waals surface area contributed by atoms with Gasteiger partial charge in [0.05, 0.1) is 45.4 Å². The highest BCUT2D eigenvalue weighted by atomic mass is 17.1. The largest absolute Gasteiger partial charge is 0.481 e. The minimum atomic E-state index is -1.19. The first-order chi connectivity index (χ1) is 26.5. The third-order valence-electron chi connectivity index (χ3n) is 14.7. The number of carbonyl (C=O) groups excluding carboxylic acids is 1. The van der Waals surface area contributed by atoms with Crippen molar-refractivity contribution in [1.29, 1.82) is 0 Å². The van der Waals surface area contributed by atoms with Crippen LogP contribution in [0.1, 0.15) is 91.4 Å². The minimum absolute atomic E-state index is 0.0461. The molecule has 17 heteroatoms. The van der Waals surface area contributed by atoms with E-state index in [0.717, 1.165) is 25.7 Å². The summed E-state index contributed by atoms with van der Waals surface area (Å²) < 4.78 is 0. The van der Waals surface area contributed by atoms with Crippen molar-refractivity contribution in [1.82, 2.24) is 20.0 Å². The number of rotatable bonds is 23. The van der Waals surface area contributed by atoms with Crippen LogP contribution in [0.3, 0.4) is 0 Å². The predicted molar refractivity (Wildman–Crippen MR) is 202 cm³/mol. The fourth-order valence-electron chi connectivity index (χ4n) is 11.7. The number of aliphatic hydroxyl groups excluding tert-OH is 4. The molecular weight excluding hydrogens is 732 g/mol. The number of hydrogen-bond donors (Lipinski definition) is 9. The molecule has 56 heavy (non-hydrogen) atoms. The molecule has 0 bridgehead atoms. The maximum Gasteiger partial charge on any atom is 0.317 e. The normalized spacial score (nSPS) is 33.8. The summed E-state index contributed by atoms with van der Waals surface area (Å²) in [5.74, 6) is -2.54. The molecule has 4 aliphatic carbocycles. The van der Waals surface area contributed by atoms with E-state index in [1.165, 1.54) is 9.80 Å². The smallest absolute Gasteiger partial charge is 0.317 e. The van der Waals surface area contributed by atoms with Crippen LogP contribution in [0.15, 0.2) is 0 Å². The minimum Gasteiger partial charge on any atom is -0.481 e. The van der Waals surface area contributed by atoms with Gasteiger partial charge in [0, 0.05) is 51.1 Å². The lowest BCUT2D eigenvalue weighted by molar-refractivity contribution is -0.252. The van der Waals surface area contributed by atoms with E-state index in [0.29, 0.717) is 25.7 Å². The lowest BCUT2D eigenvalue weighted by Gasteiger charge is -2.63. The van der Waals surface area contributed by atoms with Gasteiger partial charge in [-0.1, -0.05) is 20.8 Å². The fraction of sp³-hybridized carbons (Fsp3) is 0.897. The van der Waals surface area contributed by atoms with Gasteiger partial charge in [0.15, 0.2) is 0 Å². The molecular formula is C39H68N4O13. The van der Waals surface area contributed by atoms with Crippen LogP contribution in [0.5, 0.6) is 0 Å². The van der Waals surface area contributed by atoms with E-state index in [1.807, 2.05) is 4.90 Å². The van der Waals surface area contributed by atoms with Crippen LogP contribution in [0, 0.1) is 46.3 Å². The molecule has 0 radical (unpaired) electrons. The van der Waals surface area contributed by atoms with Gasteiger partial charge in [0.1, 0.15) is 0 Å². The van der Waals surface area contributed by atoms with Crippen LogP contribution < -0.4 is 5.32 Å². The molecule has 9 unspecified atom stereocenters. The van der Waals surface area contributed by atoms with Crippen LogP contribution in [0.25, 0.3) is 0 Å². The molecule has 0 saturated heterocycles. The van der Waals surface area contributed by atoms with E-state index >= 15 is 0 Å². The highest BCUT2D eigenvalue weighted by molar-refractivity contribution is 5.76. The van der Waals surface area contributed by atoms with Crippen molar-refractivity contribution in [3.8, 4) is 0 Å². The van der Waals surface area contributed by atoms with Gasteiger partial charge in [0.25, 0.3) is 0 Å². The van der Waals surface area contributed by atoms with Crippen molar-refractivity contribution in [3.63, 3.8) is 0 Å². The third kappa shape index (κ3) is 11.0. The molecule has 322 valence electrons. The first-order valence-corrected chi connectivity index (χ1v) is 20.5. The Morgan fingerprint density at radius 3 is 2.04 bits per heavy atom. The van der Waals surface area contributed by atoms with Gasteiger partial charge in [0.2, 0.25) is 5.91 Å². The second-order valence-electron chi connectivity index (χ2n) is 17.7. The molecule has 0 heterocycles. The first-order valence-electron chi connectivity index (χ1n) is 20.5. The summed E-state index contributed by atoms with van der Waals surface area (Å²) >= 11 is 0. The number of aliphatic carboxylic acids is 3. The van der Waals surface area contributed by atoms with Gasteiger partial charge in [-0.25, -0.2) is 4.89 Å². The summed E-state index contributed by atoms with van der Waals surface area (Å²) in [6, 6.07) is -0.652. The molecule has 4 aliphatic rings. The van der Waals surface area contributed by atoms with Crippen LogP contribution in [-0.2, 0) is 24.1 Å². The van der Waals surface area contributed by atoms with Crippen molar-refractivity contribution in [2.75, 3.05) is 59.3 Å². The van der Waals surface area contributed by atoms with Crippen LogP contribution in [-0.4, -0.2) is 163 Å². The van der Waals surface area contributed by atoms with Crippen molar-refractivity contribution in [2.45, 2.75) is 116 Å².